The van der Waals surface area contributed by atoms with Gasteiger partial charge in [-0.3, -0.25) is 14.4 Å². The number of rotatable bonds is 8. The van der Waals surface area contributed by atoms with E-state index < -0.39 is 36.2 Å². The third kappa shape index (κ3) is 5.08. The fourth-order valence-electron chi connectivity index (χ4n) is 4.63. The van der Waals surface area contributed by atoms with Crippen LogP contribution in [0.15, 0.2) is 29.6 Å². The molecule has 2 saturated heterocycles. The van der Waals surface area contributed by atoms with Gasteiger partial charge in [-0.25, -0.2) is 9.37 Å². The number of hydrogen-bond donors (Lipinski definition) is 2. The molecule has 3 aliphatic rings. The zero-order valence-corrected chi connectivity index (χ0v) is 20.5. The number of ketones is 1. The van der Waals surface area contributed by atoms with Gasteiger partial charge in [-0.05, 0) is 37.3 Å². The number of ether oxygens (including phenoxy) is 1. The molecular weight excluding hydrogens is 471 g/mol. The van der Waals surface area contributed by atoms with E-state index in [0.717, 1.165) is 16.4 Å². The summed E-state index contributed by atoms with van der Waals surface area (Å²) in [5, 5.41) is 9.07. The predicted molar refractivity (Wildman–Crippen MR) is 130 cm³/mol. The molecule has 0 bridgehead atoms. The number of benzene rings is 1. The molecule has 8 nitrogen and oxygen atoms in total. The summed E-state index contributed by atoms with van der Waals surface area (Å²) in [5.74, 6) is -1.04. The summed E-state index contributed by atoms with van der Waals surface area (Å²) >= 11 is 1.56. The van der Waals surface area contributed by atoms with Crippen molar-refractivity contribution in [2.24, 2.45) is 5.92 Å². The van der Waals surface area contributed by atoms with Crippen molar-refractivity contribution in [3.8, 4) is 11.3 Å². The highest BCUT2D eigenvalue weighted by Crippen LogP contribution is 2.31. The Bertz CT molecular complexity index is 1120. The minimum Gasteiger partial charge on any atom is -0.365 e. The van der Waals surface area contributed by atoms with Crippen molar-refractivity contribution in [2.75, 3.05) is 18.5 Å². The zero-order chi connectivity index (χ0) is 24.7. The van der Waals surface area contributed by atoms with Crippen LogP contribution in [0.4, 0.5) is 9.52 Å². The Morgan fingerprint density at radius 3 is 2.69 bits per heavy atom. The Morgan fingerprint density at radius 2 is 2.00 bits per heavy atom. The van der Waals surface area contributed by atoms with Crippen molar-refractivity contribution < 1.29 is 23.5 Å². The number of amides is 2. The Morgan fingerprint density at radius 1 is 1.26 bits per heavy atom. The number of Topliss-reactive ketones (excluding diaryl/α,β-unsaturated/α-hetero) is 1. The molecule has 35 heavy (non-hydrogen) atoms. The number of carbonyl (C=O) groups excluding carboxylic acids is 3. The van der Waals surface area contributed by atoms with Crippen LogP contribution in [0, 0.1) is 5.92 Å². The number of nitrogens with one attached hydrogen (secondary N) is 2. The van der Waals surface area contributed by atoms with Gasteiger partial charge >= 0.3 is 0 Å². The zero-order valence-electron chi connectivity index (χ0n) is 19.7. The lowest BCUT2D eigenvalue weighted by molar-refractivity contribution is -0.138. The number of thiazole rings is 1. The normalized spacial score (nSPS) is 24.5. The maximum Gasteiger partial charge on any atom is 0.251 e. The smallest absolute Gasteiger partial charge is 0.251 e. The first-order valence-corrected chi connectivity index (χ1v) is 12.9. The summed E-state index contributed by atoms with van der Waals surface area (Å²) in [6, 6.07) is 5.81. The van der Waals surface area contributed by atoms with Crippen LogP contribution in [0.1, 0.15) is 43.5 Å². The maximum absolute atomic E-state index is 14.4. The second-order valence-corrected chi connectivity index (χ2v) is 10.7. The standard InChI is InChI=1S/C25H29FN4O4S/c1-13(2)9-18(24(33)30-10-17(26)22-21(30)20(31)11-34-22)28-23(32)15-5-3-14(4-6-15)19-12-35-25(29-19)27-16-7-8-16/h3-6,12-13,16-18,21-22H,7-11H2,1-2H3,(H,27,29)(H,28,32)/t17-,18-,21?,22+/m0/s1. The first kappa shape index (κ1) is 23.9. The number of hydrogen-bond acceptors (Lipinski definition) is 7. The highest BCUT2D eigenvalue weighted by atomic mass is 32.1. The molecule has 186 valence electrons. The van der Waals surface area contributed by atoms with E-state index in [9.17, 15) is 18.8 Å². The lowest BCUT2D eigenvalue weighted by atomic mass is 10.0. The van der Waals surface area contributed by atoms with Gasteiger partial charge in [-0.1, -0.05) is 26.0 Å². The van der Waals surface area contributed by atoms with Crippen molar-refractivity contribution >= 4 is 34.1 Å². The van der Waals surface area contributed by atoms with Gasteiger partial charge in [0.1, 0.15) is 31.0 Å². The van der Waals surface area contributed by atoms with E-state index in [1.165, 1.54) is 17.7 Å². The second kappa shape index (κ2) is 9.66. The van der Waals surface area contributed by atoms with Crippen molar-refractivity contribution in [1.29, 1.82) is 0 Å². The molecule has 1 aromatic carbocycles. The summed E-state index contributed by atoms with van der Waals surface area (Å²) in [7, 11) is 0. The number of alkyl halides is 1. The minimum atomic E-state index is -1.41. The number of anilines is 1. The fourth-order valence-corrected chi connectivity index (χ4v) is 5.42. The van der Waals surface area contributed by atoms with E-state index >= 15 is 0 Å². The van der Waals surface area contributed by atoms with Gasteiger partial charge in [0.15, 0.2) is 10.9 Å². The number of carbonyl (C=O) groups is 3. The van der Waals surface area contributed by atoms with E-state index in [-0.39, 0.29) is 24.9 Å². The van der Waals surface area contributed by atoms with E-state index in [4.69, 9.17) is 4.74 Å². The van der Waals surface area contributed by atoms with Gasteiger partial charge in [0.05, 0.1) is 12.2 Å². The molecule has 3 fully saturated rings. The number of aromatic nitrogens is 1. The molecule has 2 aromatic rings. The number of halogens is 1. The SMILES string of the molecule is CC(C)C[C@H](NC(=O)c1ccc(-c2csc(NC3CC3)n2)cc1)C(=O)N1C[C@H](F)[C@H]2OCC(=O)C21. The number of likely N-dealkylation sites (tertiary alicyclic amines) is 1. The van der Waals surface area contributed by atoms with Crippen LogP contribution >= 0.6 is 11.3 Å². The first-order valence-electron chi connectivity index (χ1n) is 12.0. The Labute approximate surface area is 207 Å². The molecule has 2 aliphatic heterocycles. The van der Waals surface area contributed by atoms with Crippen LogP contribution in [0.5, 0.6) is 0 Å². The Hall–Kier alpha value is -2.85. The first-order chi connectivity index (χ1) is 16.8. The van der Waals surface area contributed by atoms with Crippen LogP contribution < -0.4 is 10.6 Å². The van der Waals surface area contributed by atoms with Gasteiger partial charge in [-0.15, -0.1) is 11.3 Å². The van der Waals surface area contributed by atoms with E-state index in [1.54, 1.807) is 23.5 Å². The lowest BCUT2D eigenvalue weighted by Gasteiger charge is -2.28. The highest BCUT2D eigenvalue weighted by Gasteiger charge is 2.53. The molecule has 1 unspecified atom stereocenters. The third-order valence-corrected chi connectivity index (χ3v) is 7.34. The predicted octanol–water partition coefficient (Wildman–Crippen LogP) is 3.05. The summed E-state index contributed by atoms with van der Waals surface area (Å²) in [6.45, 7) is 3.49. The molecule has 3 heterocycles. The number of nitrogens with zero attached hydrogens (tertiary/aromatic N) is 2. The molecule has 2 amide bonds. The lowest BCUT2D eigenvalue weighted by Crippen LogP contribution is -2.52. The summed E-state index contributed by atoms with van der Waals surface area (Å²) < 4.78 is 19.6. The van der Waals surface area contributed by atoms with Crippen molar-refractivity contribution in [2.45, 2.75) is 63.5 Å². The molecule has 2 N–H and O–H groups in total. The van der Waals surface area contributed by atoms with Gasteiger partial charge in [0, 0.05) is 22.5 Å². The second-order valence-electron chi connectivity index (χ2n) is 9.88. The van der Waals surface area contributed by atoms with Gasteiger partial charge in [-0.2, -0.15) is 0 Å². The molecule has 10 heteroatoms. The molecule has 0 radical (unpaired) electrons. The monoisotopic (exact) mass is 500 g/mol. The van der Waals surface area contributed by atoms with Gasteiger partial charge in [0.2, 0.25) is 5.91 Å². The largest absolute Gasteiger partial charge is 0.365 e. The van der Waals surface area contributed by atoms with Gasteiger partial charge in [0.25, 0.3) is 5.91 Å². The third-order valence-electron chi connectivity index (χ3n) is 6.57. The van der Waals surface area contributed by atoms with Crippen LogP contribution in [0.25, 0.3) is 11.3 Å². The van der Waals surface area contributed by atoms with Crippen molar-refractivity contribution in [3.63, 3.8) is 0 Å². The van der Waals surface area contributed by atoms with Gasteiger partial charge < -0.3 is 20.3 Å². The Balaban J connectivity index is 1.27. The summed E-state index contributed by atoms with van der Waals surface area (Å²) in [6.07, 6.45) is 0.398. The van der Waals surface area contributed by atoms with Crippen LogP contribution in [0.3, 0.4) is 0 Å². The van der Waals surface area contributed by atoms with Crippen LogP contribution in [0.2, 0.25) is 0 Å². The molecule has 1 saturated carbocycles. The topological polar surface area (TPSA) is 101 Å². The Kier molecular flexibility index (Phi) is 6.59. The van der Waals surface area contributed by atoms with Crippen molar-refractivity contribution in [1.82, 2.24) is 15.2 Å². The molecular formula is C25H29FN4O4S. The molecule has 5 rings (SSSR count). The van der Waals surface area contributed by atoms with E-state index in [1.807, 2.05) is 31.4 Å². The van der Waals surface area contributed by atoms with E-state index in [2.05, 4.69) is 15.6 Å². The maximum atomic E-state index is 14.4. The molecule has 1 aliphatic carbocycles. The highest BCUT2D eigenvalue weighted by molar-refractivity contribution is 7.14. The minimum absolute atomic E-state index is 0.102. The molecule has 4 atom stereocenters. The van der Waals surface area contributed by atoms with Crippen molar-refractivity contribution in [3.05, 3.63) is 35.2 Å². The molecule has 1 aromatic heterocycles. The quantitative estimate of drug-likeness (QED) is 0.578. The van der Waals surface area contributed by atoms with Crippen LogP contribution in [-0.4, -0.2) is 71.0 Å². The molecule has 0 spiro atoms. The average Bonchev–Trinajstić information content (AvgIpc) is 3.22. The van der Waals surface area contributed by atoms with Crippen LogP contribution in [-0.2, 0) is 14.3 Å². The fraction of sp³-hybridized carbons (Fsp3) is 0.520. The average molecular weight is 501 g/mol. The summed E-state index contributed by atoms with van der Waals surface area (Å²) in [4.78, 5) is 44.4. The summed E-state index contributed by atoms with van der Waals surface area (Å²) in [5.41, 5.74) is 2.14. The van der Waals surface area contributed by atoms with E-state index in [0.29, 0.717) is 18.0 Å². The number of fused-ring (bicyclic) bond motifs is 1.